The monoisotopic (exact) mass is 380 g/mol. The van der Waals surface area contributed by atoms with Gasteiger partial charge in [-0.3, -0.25) is 5.32 Å². The molecule has 0 unspecified atom stereocenters. The van der Waals surface area contributed by atoms with Crippen molar-refractivity contribution in [2.75, 3.05) is 18.4 Å². The van der Waals surface area contributed by atoms with Crippen LogP contribution in [-0.2, 0) is 0 Å². The Bertz CT molecular complexity index is 826. The molecule has 2 heterocycles. The molecule has 1 aliphatic heterocycles. The van der Waals surface area contributed by atoms with Gasteiger partial charge in [0.2, 0.25) is 5.13 Å². The van der Waals surface area contributed by atoms with Gasteiger partial charge in [0.15, 0.2) is 0 Å². The molecule has 0 aliphatic carbocycles. The van der Waals surface area contributed by atoms with Crippen molar-refractivity contribution in [1.82, 2.24) is 14.3 Å². The summed E-state index contributed by atoms with van der Waals surface area (Å²) in [5.74, 6) is 0.328. The van der Waals surface area contributed by atoms with E-state index in [2.05, 4.69) is 14.7 Å². The summed E-state index contributed by atoms with van der Waals surface area (Å²) < 4.78 is 18.1. The number of carbonyl (C=O) groups excluding carboxylic acids is 1. The number of aryl methyl sites for hydroxylation is 1. The molecule has 2 amide bonds. The minimum absolute atomic E-state index is 0.175. The molecule has 5 nitrogen and oxygen atoms in total. The minimum Gasteiger partial charge on any atom is -0.324 e. The van der Waals surface area contributed by atoms with Gasteiger partial charge in [-0.2, -0.15) is 4.37 Å². The topological polar surface area (TPSA) is 58.1 Å². The van der Waals surface area contributed by atoms with Crippen LogP contribution >= 0.6 is 23.1 Å². The van der Waals surface area contributed by atoms with Crippen LogP contribution < -0.4 is 5.32 Å². The van der Waals surface area contributed by atoms with Gasteiger partial charge in [-0.05, 0) is 44.4 Å². The first-order valence-corrected chi connectivity index (χ1v) is 9.09. The molecule has 25 heavy (non-hydrogen) atoms. The molecule has 1 fully saturated rings. The first-order chi connectivity index (χ1) is 11.9. The third-order valence-corrected chi connectivity index (χ3v) is 5.22. The Labute approximate surface area is 154 Å². The summed E-state index contributed by atoms with van der Waals surface area (Å²) in [4.78, 5) is 18.2. The highest BCUT2D eigenvalue weighted by molar-refractivity contribution is 7.09. The van der Waals surface area contributed by atoms with Gasteiger partial charge in [-0.1, -0.05) is 23.2 Å². The highest BCUT2D eigenvalue weighted by Crippen LogP contribution is 2.29. The van der Waals surface area contributed by atoms with Crippen molar-refractivity contribution in [3.8, 4) is 0 Å². The van der Waals surface area contributed by atoms with E-state index in [9.17, 15) is 9.18 Å². The molecule has 1 aromatic heterocycles. The standard InChI is InChI=1S/C17H18ClFN4OS/c1-10(14-4-3-13(18)9-15(14)19)12-5-7-23(8-6-12)17(24)21-16-20-11(2)22-25-16/h3-4,9H,5-8H2,1-2H3,(H,20,21,22,24). The average molecular weight is 381 g/mol. The van der Waals surface area contributed by atoms with Crippen molar-refractivity contribution in [2.24, 2.45) is 0 Å². The van der Waals surface area contributed by atoms with E-state index in [1.165, 1.54) is 17.6 Å². The Morgan fingerprint density at radius 2 is 2.08 bits per heavy atom. The van der Waals surface area contributed by atoms with E-state index < -0.39 is 0 Å². The zero-order valence-corrected chi connectivity index (χ0v) is 15.5. The number of hydrogen-bond donors (Lipinski definition) is 1. The lowest BCUT2D eigenvalue weighted by Gasteiger charge is -2.29. The van der Waals surface area contributed by atoms with Crippen LogP contribution in [0.1, 0.15) is 31.2 Å². The van der Waals surface area contributed by atoms with E-state index >= 15 is 0 Å². The first kappa shape index (κ1) is 17.8. The fourth-order valence-electron chi connectivity index (χ4n) is 2.86. The quantitative estimate of drug-likeness (QED) is 0.818. The van der Waals surface area contributed by atoms with Crippen molar-refractivity contribution in [2.45, 2.75) is 26.7 Å². The van der Waals surface area contributed by atoms with Crippen LogP contribution in [0.5, 0.6) is 0 Å². The molecular formula is C17H18ClFN4OS. The number of rotatable bonds is 2. The first-order valence-electron chi connectivity index (χ1n) is 7.94. The molecule has 132 valence electrons. The van der Waals surface area contributed by atoms with Gasteiger partial charge in [-0.25, -0.2) is 14.2 Å². The molecule has 1 saturated heterocycles. The van der Waals surface area contributed by atoms with E-state index in [1.807, 2.05) is 6.92 Å². The summed E-state index contributed by atoms with van der Waals surface area (Å²) in [6.07, 6.45) is 1.44. The summed E-state index contributed by atoms with van der Waals surface area (Å²) in [6.45, 7) is 4.88. The second kappa shape index (κ2) is 7.49. The van der Waals surface area contributed by atoms with Crippen LogP contribution in [0.4, 0.5) is 14.3 Å². The van der Waals surface area contributed by atoms with E-state index in [0.29, 0.717) is 34.6 Å². The van der Waals surface area contributed by atoms with Crippen molar-refractivity contribution < 1.29 is 9.18 Å². The molecule has 8 heteroatoms. The van der Waals surface area contributed by atoms with Crippen LogP contribution in [-0.4, -0.2) is 33.4 Å². The highest BCUT2D eigenvalue weighted by atomic mass is 35.5. The number of benzene rings is 1. The number of anilines is 1. The lowest BCUT2D eigenvalue weighted by atomic mass is 9.94. The molecule has 1 N–H and O–H groups in total. The number of amides is 2. The number of aromatic nitrogens is 2. The normalized spacial score (nSPS) is 14.6. The second-order valence-electron chi connectivity index (χ2n) is 5.92. The maximum atomic E-state index is 14.1. The number of allylic oxidation sites excluding steroid dienone is 1. The summed E-state index contributed by atoms with van der Waals surface area (Å²) in [7, 11) is 0. The van der Waals surface area contributed by atoms with Gasteiger partial charge in [0.25, 0.3) is 0 Å². The molecule has 1 aliphatic rings. The zero-order chi connectivity index (χ0) is 18.0. The third-order valence-electron chi connectivity index (χ3n) is 4.26. The van der Waals surface area contributed by atoms with Crippen LogP contribution in [0.3, 0.4) is 0 Å². The Morgan fingerprint density at radius 3 is 2.68 bits per heavy atom. The number of hydrogen-bond acceptors (Lipinski definition) is 4. The number of halogens is 2. The predicted octanol–water partition coefficient (Wildman–Crippen LogP) is 4.74. The smallest absolute Gasteiger partial charge is 0.323 e. The molecule has 0 radical (unpaired) electrons. The number of urea groups is 1. The van der Waals surface area contributed by atoms with Crippen molar-refractivity contribution in [3.05, 3.63) is 46.0 Å². The number of piperidine rings is 1. The van der Waals surface area contributed by atoms with Gasteiger partial charge >= 0.3 is 6.03 Å². The Morgan fingerprint density at radius 1 is 1.36 bits per heavy atom. The number of likely N-dealkylation sites (tertiary alicyclic amines) is 1. The SMILES string of the molecule is CC(=C1CCN(C(=O)Nc2nc(C)ns2)CC1)c1ccc(Cl)cc1F. The van der Waals surface area contributed by atoms with Crippen LogP contribution in [0, 0.1) is 12.7 Å². The van der Waals surface area contributed by atoms with Gasteiger partial charge < -0.3 is 4.90 Å². The molecule has 0 bridgehead atoms. The third kappa shape index (κ3) is 4.16. The van der Waals surface area contributed by atoms with Gasteiger partial charge in [0.1, 0.15) is 11.6 Å². The molecule has 0 atom stereocenters. The Hall–Kier alpha value is -1.99. The lowest BCUT2D eigenvalue weighted by Crippen LogP contribution is -2.39. The number of nitrogens with zero attached hydrogens (tertiary/aromatic N) is 3. The van der Waals surface area contributed by atoms with Gasteiger partial charge in [0, 0.05) is 35.2 Å². The number of nitrogens with one attached hydrogen (secondary N) is 1. The lowest BCUT2D eigenvalue weighted by molar-refractivity contribution is 0.207. The molecule has 2 aromatic rings. The predicted molar refractivity (Wildman–Crippen MR) is 98.5 cm³/mol. The largest absolute Gasteiger partial charge is 0.324 e. The molecule has 0 spiro atoms. The average Bonchev–Trinajstić information content (AvgIpc) is 2.99. The van der Waals surface area contributed by atoms with E-state index in [-0.39, 0.29) is 11.8 Å². The van der Waals surface area contributed by atoms with Crippen molar-refractivity contribution >= 4 is 39.9 Å². The second-order valence-corrected chi connectivity index (χ2v) is 7.10. The van der Waals surface area contributed by atoms with Crippen molar-refractivity contribution in [3.63, 3.8) is 0 Å². The summed E-state index contributed by atoms with van der Waals surface area (Å²) in [5.41, 5.74) is 2.66. The Kier molecular flexibility index (Phi) is 5.34. The number of carbonyl (C=O) groups is 1. The Balaban J connectivity index is 1.65. The fourth-order valence-corrected chi connectivity index (χ4v) is 3.58. The summed E-state index contributed by atoms with van der Waals surface area (Å²) in [6, 6.07) is 4.55. The molecule has 0 saturated carbocycles. The molecular weight excluding hydrogens is 363 g/mol. The van der Waals surface area contributed by atoms with E-state index in [4.69, 9.17) is 11.6 Å². The van der Waals surface area contributed by atoms with E-state index in [1.54, 1.807) is 24.0 Å². The zero-order valence-electron chi connectivity index (χ0n) is 14.0. The fraction of sp³-hybridized carbons (Fsp3) is 0.353. The maximum Gasteiger partial charge on any atom is 0.323 e. The van der Waals surface area contributed by atoms with Crippen LogP contribution in [0.25, 0.3) is 5.57 Å². The van der Waals surface area contributed by atoms with Crippen LogP contribution in [0.15, 0.2) is 23.8 Å². The summed E-state index contributed by atoms with van der Waals surface area (Å²) >= 11 is 6.98. The van der Waals surface area contributed by atoms with Crippen LogP contribution in [0.2, 0.25) is 5.02 Å². The van der Waals surface area contributed by atoms with Gasteiger partial charge in [0.05, 0.1) is 0 Å². The maximum absolute atomic E-state index is 14.1. The molecule has 3 rings (SSSR count). The summed E-state index contributed by atoms with van der Waals surface area (Å²) in [5, 5.41) is 3.65. The minimum atomic E-state index is -0.315. The highest BCUT2D eigenvalue weighted by Gasteiger charge is 2.22. The van der Waals surface area contributed by atoms with Gasteiger partial charge in [-0.15, -0.1) is 0 Å². The van der Waals surface area contributed by atoms with Crippen molar-refractivity contribution in [1.29, 1.82) is 0 Å². The molecule has 1 aromatic carbocycles. The van der Waals surface area contributed by atoms with E-state index in [0.717, 1.165) is 24.0 Å².